The van der Waals surface area contributed by atoms with Gasteiger partial charge in [0.05, 0.1) is 12.7 Å². The van der Waals surface area contributed by atoms with Crippen LogP contribution in [0.4, 0.5) is 0 Å². The van der Waals surface area contributed by atoms with E-state index in [0.717, 1.165) is 11.3 Å². The lowest BCUT2D eigenvalue weighted by Gasteiger charge is -2.11. The topological polar surface area (TPSA) is 73.9 Å². The predicted molar refractivity (Wildman–Crippen MR) is 117 cm³/mol. The van der Waals surface area contributed by atoms with Gasteiger partial charge in [-0.05, 0) is 36.2 Å². The van der Waals surface area contributed by atoms with Crippen LogP contribution in [0.25, 0.3) is 0 Å². The maximum atomic E-state index is 12.5. The van der Waals surface area contributed by atoms with E-state index in [1.807, 2.05) is 60.7 Å². The number of methoxy groups -OCH3 is 1. The Morgan fingerprint density at radius 1 is 0.839 bits per heavy atom. The zero-order valence-corrected chi connectivity index (χ0v) is 17.4. The van der Waals surface area contributed by atoms with Crippen molar-refractivity contribution in [3.05, 3.63) is 95.6 Å². The molecule has 3 aromatic carbocycles. The summed E-state index contributed by atoms with van der Waals surface area (Å²) in [6.07, 6.45) is 0.614. The Balaban J connectivity index is 1.47. The van der Waals surface area contributed by atoms with Crippen LogP contribution in [0.2, 0.25) is 0 Å². The number of rotatable bonds is 10. The van der Waals surface area contributed by atoms with E-state index in [4.69, 9.17) is 14.2 Å². The van der Waals surface area contributed by atoms with Crippen molar-refractivity contribution in [2.75, 3.05) is 20.3 Å². The molecular weight excluding hydrogens is 394 g/mol. The van der Waals surface area contributed by atoms with E-state index in [1.54, 1.807) is 25.3 Å². The molecule has 1 amide bonds. The number of hydrogen-bond acceptors (Lipinski definition) is 5. The van der Waals surface area contributed by atoms with Gasteiger partial charge in [-0.25, -0.2) is 4.79 Å². The Morgan fingerprint density at radius 3 is 2.29 bits per heavy atom. The largest absolute Gasteiger partial charge is 0.496 e. The fourth-order valence-corrected chi connectivity index (χ4v) is 3.03. The summed E-state index contributed by atoms with van der Waals surface area (Å²) in [4.78, 5) is 24.6. The molecular formula is C25H25NO5. The van der Waals surface area contributed by atoms with E-state index in [1.165, 1.54) is 0 Å². The van der Waals surface area contributed by atoms with E-state index in [2.05, 4.69) is 5.32 Å². The van der Waals surface area contributed by atoms with Gasteiger partial charge in [0.2, 0.25) is 0 Å². The third kappa shape index (κ3) is 6.60. The van der Waals surface area contributed by atoms with Crippen LogP contribution >= 0.6 is 0 Å². The number of nitrogens with one attached hydrogen (secondary N) is 1. The monoisotopic (exact) mass is 419 g/mol. The van der Waals surface area contributed by atoms with Gasteiger partial charge in [-0.1, -0.05) is 54.6 Å². The molecule has 0 aliphatic heterocycles. The van der Waals surface area contributed by atoms with Crippen LogP contribution in [0, 0.1) is 0 Å². The molecule has 0 saturated carbocycles. The van der Waals surface area contributed by atoms with E-state index < -0.39 is 5.97 Å². The Morgan fingerprint density at radius 2 is 1.52 bits per heavy atom. The highest BCUT2D eigenvalue weighted by Gasteiger charge is 2.14. The van der Waals surface area contributed by atoms with Crippen molar-refractivity contribution in [2.24, 2.45) is 0 Å². The summed E-state index contributed by atoms with van der Waals surface area (Å²) in [6, 6.07) is 24.0. The minimum absolute atomic E-state index is 0.223. The zero-order chi connectivity index (χ0) is 21.9. The Labute approximate surface area is 181 Å². The summed E-state index contributed by atoms with van der Waals surface area (Å²) in [5.74, 6) is 0.561. The molecule has 3 rings (SSSR count). The quantitative estimate of drug-likeness (QED) is 0.506. The number of amides is 1. The molecule has 0 saturated heterocycles. The molecule has 31 heavy (non-hydrogen) atoms. The zero-order valence-electron chi connectivity index (χ0n) is 17.4. The number of carbonyl (C=O) groups is 2. The van der Waals surface area contributed by atoms with Crippen molar-refractivity contribution in [2.45, 2.75) is 13.0 Å². The number of carbonyl (C=O) groups excluding carboxylic acids is 2. The molecule has 6 heteroatoms. The molecule has 3 aromatic rings. The summed E-state index contributed by atoms with van der Waals surface area (Å²) >= 11 is 0. The van der Waals surface area contributed by atoms with Crippen LogP contribution in [0.1, 0.15) is 21.5 Å². The minimum atomic E-state index is -0.563. The second-order valence-corrected chi connectivity index (χ2v) is 6.75. The fraction of sp³-hybridized carbons (Fsp3) is 0.200. The summed E-state index contributed by atoms with van der Waals surface area (Å²) in [5.41, 5.74) is 2.06. The normalized spacial score (nSPS) is 10.2. The Hall–Kier alpha value is -3.80. The number of para-hydroxylation sites is 2. The van der Waals surface area contributed by atoms with E-state index in [-0.39, 0.29) is 19.1 Å². The van der Waals surface area contributed by atoms with Crippen molar-refractivity contribution in [3.8, 4) is 11.5 Å². The second kappa shape index (κ2) is 11.4. The van der Waals surface area contributed by atoms with Gasteiger partial charge in [0, 0.05) is 12.1 Å². The second-order valence-electron chi connectivity index (χ2n) is 6.75. The number of hydrogen-bond donors (Lipinski definition) is 1. The van der Waals surface area contributed by atoms with Crippen molar-refractivity contribution < 1.29 is 23.8 Å². The lowest BCUT2D eigenvalue weighted by atomic mass is 10.1. The molecule has 160 valence electrons. The van der Waals surface area contributed by atoms with Crippen LogP contribution in [-0.2, 0) is 22.6 Å². The summed E-state index contributed by atoms with van der Waals surface area (Å²) in [6.45, 7) is 0.289. The molecule has 1 N–H and O–H groups in total. The molecule has 0 atom stereocenters. The average Bonchev–Trinajstić information content (AvgIpc) is 2.82. The number of benzene rings is 3. The molecule has 0 spiro atoms. The highest BCUT2D eigenvalue weighted by atomic mass is 16.5. The molecule has 0 unspecified atom stereocenters. The lowest BCUT2D eigenvalue weighted by Crippen LogP contribution is -2.30. The van der Waals surface area contributed by atoms with Gasteiger partial charge in [-0.2, -0.15) is 0 Å². The van der Waals surface area contributed by atoms with Crippen LogP contribution in [0.15, 0.2) is 78.9 Å². The van der Waals surface area contributed by atoms with Gasteiger partial charge in [-0.3, -0.25) is 4.79 Å². The highest BCUT2D eigenvalue weighted by molar-refractivity contribution is 5.92. The van der Waals surface area contributed by atoms with Crippen molar-refractivity contribution in [3.63, 3.8) is 0 Å². The molecule has 0 heterocycles. The van der Waals surface area contributed by atoms with Gasteiger partial charge in [0.15, 0.2) is 6.61 Å². The van der Waals surface area contributed by atoms with Crippen LogP contribution in [-0.4, -0.2) is 32.1 Å². The molecule has 0 radical (unpaired) electrons. The van der Waals surface area contributed by atoms with Gasteiger partial charge >= 0.3 is 5.97 Å². The maximum Gasteiger partial charge on any atom is 0.339 e. The van der Waals surface area contributed by atoms with Crippen molar-refractivity contribution in [1.29, 1.82) is 0 Å². The SMILES string of the molecule is COc1ccccc1CCNC(=O)COC(=O)c1ccccc1COc1ccccc1. The molecule has 0 bridgehead atoms. The third-order valence-electron chi connectivity index (χ3n) is 4.62. The lowest BCUT2D eigenvalue weighted by molar-refractivity contribution is -0.124. The highest BCUT2D eigenvalue weighted by Crippen LogP contribution is 2.17. The fourth-order valence-electron chi connectivity index (χ4n) is 3.03. The Bertz CT molecular complexity index is 1000. The predicted octanol–water partition coefficient (Wildman–Crippen LogP) is 3.79. The number of esters is 1. The molecule has 0 aliphatic rings. The van der Waals surface area contributed by atoms with Crippen molar-refractivity contribution >= 4 is 11.9 Å². The molecule has 0 fully saturated rings. The average molecular weight is 419 g/mol. The summed E-state index contributed by atoms with van der Waals surface area (Å²) in [7, 11) is 1.61. The van der Waals surface area contributed by atoms with Gasteiger partial charge in [0.25, 0.3) is 5.91 Å². The van der Waals surface area contributed by atoms with Crippen LogP contribution in [0.5, 0.6) is 11.5 Å². The third-order valence-corrected chi connectivity index (χ3v) is 4.62. The van der Waals surface area contributed by atoms with Gasteiger partial charge in [0.1, 0.15) is 18.1 Å². The summed E-state index contributed by atoms with van der Waals surface area (Å²) in [5, 5.41) is 2.75. The first-order valence-electron chi connectivity index (χ1n) is 9.99. The molecule has 0 aliphatic carbocycles. The first-order valence-corrected chi connectivity index (χ1v) is 9.99. The first kappa shape index (κ1) is 21.9. The van der Waals surface area contributed by atoms with Gasteiger partial charge < -0.3 is 19.5 Å². The number of ether oxygens (including phenoxy) is 3. The minimum Gasteiger partial charge on any atom is -0.496 e. The van der Waals surface area contributed by atoms with Crippen LogP contribution in [0.3, 0.4) is 0 Å². The van der Waals surface area contributed by atoms with Crippen LogP contribution < -0.4 is 14.8 Å². The Kier molecular flexibility index (Phi) is 8.05. The van der Waals surface area contributed by atoms with E-state index >= 15 is 0 Å². The molecule has 6 nitrogen and oxygen atoms in total. The summed E-state index contributed by atoms with van der Waals surface area (Å²) < 4.78 is 16.2. The van der Waals surface area contributed by atoms with E-state index in [0.29, 0.717) is 29.8 Å². The standard InChI is InChI=1S/C25H25NO5/c1-29-23-14-8-6-9-19(23)15-16-26-24(27)18-31-25(28)22-13-7-5-10-20(22)17-30-21-11-3-2-4-12-21/h2-14H,15-18H2,1H3,(H,26,27). The maximum absolute atomic E-state index is 12.5. The van der Waals surface area contributed by atoms with Gasteiger partial charge in [-0.15, -0.1) is 0 Å². The smallest absolute Gasteiger partial charge is 0.339 e. The first-order chi connectivity index (χ1) is 15.2. The molecule has 0 aromatic heterocycles. The van der Waals surface area contributed by atoms with E-state index in [9.17, 15) is 9.59 Å². The van der Waals surface area contributed by atoms with Crippen molar-refractivity contribution in [1.82, 2.24) is 5.32 Å².